The summed E-state index contributed by atoms with van der Waals surface area (Å²) in [5.74, 6) is 0.175. The van der Waals surface area contributed by atoms with Crippen LogP contribution in [0.2, 0.25) is 0 Å². The topological polar surface area (TPSA) is 70.6 Å². The Morgan fingerprint density at radius 1 is 1.26 bits per heavy atom. The van der Waals surface area contributed by atoms with Crippen LogP contribution < -0.4 is 0 Å². The summed E-state index contributed by atoms with van der Waals surface area (Å²) in [6.07, 6.45) is 5.01. The van der Waals surface area contributed by atoms with Gasteiger partial charge in [0, 0.05) is 30.6 Å². The first-order valence-electron chi connectivity index (χ1n) is 7.39. The summed E-state index contributed by atoms with van der Waals surface area (Å²) in [5.41, 5.74) is 0.259. The number of nitrogens with zero attached hydrogens (tertiary/aromatic N) is 3. The molecule has 5 nitrogen and oxygen atoms in total. The molecule has 0 fully saturated rings. The zero-order chi connectivity index (χ0) is 16.4. The average molecular weight is 309 g/mol. The number of aryl methyl sites for hydroxylation is 1. The minimum atomic E-state index is -1.11. The van der Waals surface area contributed by atoms with Crippen molar-refractivity contribution in [1.82, 2.24) is 9.78 Å². The fourth-order valence-electron chi connectivity index (χ4n) is 2.53. The van der Waals surface area contributed by atoms with Crippen LogP contribution in [-0.2, 0) is 12.6 Å². The van der Waals surface area contributed by atoms with Gasteiger partial charge in [0.2, 0.25) is 0 Å². The van der Waals surface area contributed by atoms with Crippen molar-refractivity contribution in [3.63, 3.8) is 0 Å². The van der Waals surface area contributed by atoms with Gasteiger partial charge in [-0.3, -0.25) is 9.67 Å². The normalized spacial score (nSPS) is 14.4. The number of hydrogen-bond donors (Lipinski definition) is 2. The Hall–Kier alpha value is -2.66. The van der Waals surface area contributed by atoms with Crippen LogP contribution in [0.3, 0.4) is 0 Å². The van der Waals surface area contributed by atoms with Crippen molar-refractivity contribution in [3.8, 4) is 5.75 Å². The minimum absolute atomic E-state index is 0.175. The molecule has 23 heavy (non-hydrogen) atoms. The zero-order valence-electron chi connectivity index (χ0n) is 13.1. The van der Waals surface area contributed by atoms with Gasteiger partial charge in [0.25, 0.3) is 0 Å². The van der Waals surface area contributed by atoms with Crippen LogP contribution >= 0.6 is 0 Å². The van der Waals surface area contributed by atoms with Crippen molar-refractivity contribution in [2.24, 2.45) is 12.0 Å². The fraction of sp³-hybridized carbons (Fsp3) is 0.222. The molecule has 118 valence electrons. The first-order valence-corrected chi connectivity index (χ1v) is 7.39. The van der Waals surface area contributed by atoms with Gasteiger partial charge in [-0.25, -0.2) is 0 Å². The summed E-state index contributed by atoms with van der Waals surface area (Å²) >= 11 is 0. The second-order valence-electron chi connectivity index (χ2n) is 5.87. The molecular formula is C18H19N3O2. The maximum Gasteiger partial charge on any atom is 0.124 e. The SMILES string of the molecule is Cn1cc(C(C)(O)CN=Cc2c(O)ccc3ccccc23)cn1. The van der Waals surface area contributed by atoms with E-state index in [2.05, 4.69) is 10.1 Å². The predicted octanol–water partition coefficient (Wildman–Crippen LogP) is 2.61. The van der Waals surface area contributed by atoms with Crippen molar-refractivity contribution >= 4 is 17.0 Å². The monoisotopic (exact) mass is 309 g/mol. The molecule has 0 radical (unpaired) electrons. The summed E-state index contributed by atoms with van der Waals surface area (Å²) in [5, 5.41) is 26.7. The number of aromatic hydroxyl groups is 1. The van der Waals surface area contributed by atoms with Crippen molar-refractivity contribution in [1.29, 1.82) is 0 Å². The van der Waals surface area contributed by atoms with E-state index in [9.17, 15) is 10.2 Å². The van der Waals surface area contributed by atoms with Crippen molar-refractivity contribution in [2.45, 2.75) is 12.5 Å². The standard InChI is InChI=1S/C18H19N3O2/c1-18(23,14-9-20-21(2)11-14)12-19-10-16-15-6-4-3-5-13(15)7-8-17(16)22/h3-11,22-23H,12H2,1-2H3. The van der Waals surface area contributed by atoms with Crippen LogP contribution in [0.4, 0.5) is 0 Å². The molecule has 5 heteroatoms. The van der Waals surface area contributed by atoms with Crippen LogP contribution in [0, 0.1) is 0 Å². The van der Waals surface area contributed by atoms with E-state index in [1.807, 2.05) is 30.3 Å². The lowest BCUT2D eigenvalue weighted by atomic mass is 10.00. The van der Waals surface area contributed by atoms with Gasteiger partial charge in [-0.15, -0.1) is 0 Å². The number of rotatable bonds is 4. The number of phenols is 1. The smallest absolute Gasteiger partial charge is 0.124 e. The lowest BCUT2D eigenvalue weighted by molar-refractivity contribution is 0.0675. The number of phenolic OH excluding ortho intramolecular Hbond substituents is 1. The van der Waals surface area contributed by atoms with Crippen LogP contribution in [0.5, 0.6) is 5.75 Å². The third-order valence-electron chi connectivity index (χ3n) is 3.89. The van der Waals surface area contributed by atoms with Crippen LogP contribution in [-0.4, -0.2) is 32.8 Å². The van der Waals surface area contributed by atoms with E-state index in [-0.39, 0.29) is 12.3 Å². The summed E-state index contributed by atoms with van der Waals surface area (Å²) < 4.78 is 1.64. The van der Waals surface area contributed by atoms with Crippen LogP contribution in [0.1, 0.15) is 18.1 Å². The Morgan fingerprint density at radius 3 is 2.78 bits per heavy atom. The second kappa shape index (κ2) is 5.85. The first kappa shape index (κ1) is 15.2. The van der Waals surface area contributed by atoms with Gasteiger partial charge in [0.1, 0.15) is 11.4 Å². The third-order valence-corrected chi connectivity index (χ3v) is 3.89. The fourth-order valence-corrected chi connectivity index (χ4v) is 2.53. The number of aliphatic imine (C=N–C) groups is 1. The molecule has 1 aromatic heterocycles. The Kier molecular flexibility index (Phi) is 3.88. The molecule has 0 aliphatic heterocycles. The number of aromatic nitrogens is 2. The van der Waals surface area contributed by atoms with E-state index in [0.717, 1.165) is 10.8 Å². The minimum Gasteiger partial charge on any atom is -0.507 e. The summed E-state index contributed by atoms with van der Waals surface area (Å²) in [4.78, 5) is 4.34. The van der Waals surface area contributed by atoms with Crippen molar-refractivity contribution in [2.75, 3.05) is 6.54 Å². The largest absolute Gasteiger partial charge is 0.507 e. The molecule has 3 aromatic rings. The van der Waals surface area contributed by atoms with Crippen LogP contribution in [0.15, 0.2) is 53.8 Å². The van der Waals surface area contributed by atoms with Gasteiger partial charge in [-0.1, -0.05) is 30.3 Å². The molecule has 3 rings (SSSR count). The predicted molar refractivity (Wildman–Crippen MR) is 90.9 cm³/mol. The first-order chi connectivity index (χ1) is 11.0. The number of aliphatic hydroxyl groups is 1. The molecule has 2 N–H and O–H groups in total. The third kappa shape index (κ3) is 3.10. The zero-order valence-corrected chi connectivity index (χ0v) is 13.1. The highest BCUT2D eigenvalue weighted by molar-refractivity contribution is 6.02. The van der Waals surface area contributed by atoms with Gasteiger partial charge in [0.15, 0.2) is 0 Å². The van der Waals surface area contributed by atoms with Gasteiger partial charge in [0.05, 0.1) is 12.7 Å². The molecule has 1 heterocycles. The highest BCUT2D eigenvalue weighted by atomic mass is 16.3. The molecule has 1 atom stereocenters. The highest BCUT2D eigenvalue weighted by Gasteiger charge is 2.24. The lowest BCUT2D eigenvalue weighted by Gasteiger charge is -2.19. The Bertz CT molecular complexity index is 866. The number of hydrogen-bond acceptors (Lipinski definition) is 4. The lowest BCUT2D eigenvalue weighted by Crippen LogP contribution is -2.24. The molecule has 0 aliphatic carbocycles. The molecule has 0 amide bonds. The molecule has 0 spiro atoms. The van der Waals surface area contributed by atoms with Crippen molar-refractivity contribution < 1.29 is 10.2 Å². The quantitative estimate of drug-likeness (QED) is 0.728. The van der Waals surface area contributed by atoms with Crippen LogP contribution in [0.25, 0.3) is 10.8 Å². The Morgan fingerprint density at radius 2 is 2.04 bits per heavy atom. The average Bonchev–Trinajstić information content (AvgIpc) is 2.97. The van der Waals surface area contributed by atoms with Gasteiger partial charge in [-0.05, 0) is 23.8 Å². The summed E-state index contributed by atoms with van der Waals surface area (Å²) in [7, 11) is 1.80. The molecule has 0 saturated heterocycles. The van der Waals surface area contributed by atoms with E-state index in [0.29, 0.717) is 11.1 Å². The summed E-state index contributed by atoms with van der Waals surface area (Å²) in [6.45, 7) is 1.88. The van der Waals surface area contributed by atoms with E-state index in [4.69, 9.17) is 0 Å². The highest BCUT2D eigenvalue weighted by Crippen LogP contribution is 2.26. The van der Waals surface area contributed by atoms with Gasteiger partial charge < -0.3 is 10.2 Å². The molecule has 0 saturated carbocycles. The molecular weight excluding hydrogens is 290 g/mol. The van der Waals surface area contributed by atoms with Gasteiger partial charge in [-0.2, -0.15) is 5.10 Å². The number of benzene rings is 2. The summed E-state index contributed by atoms with van der Waals surface area (Å²) in [6, 6.07) is 11.3. The second-order valence-corrected chi connectivity index (χ2v) is 5.87. The van der Waals surface area contributed by atoms with E-state index >= 15 is 0 Å². The van der Waals surface area contributed by atoms with E-state index < -0.39 is 5.60 Å². The van der Waals surface area contributed by atoms with E-state index in [1.54, 1.807) is 43.3 Å². The Labute approximate surface area is 134 Å². The van der Waals surface area contributed by atoms with E-state index in [1.165, 1.54) is 0 Å². The maximum absolute atomic E-state index is 10.5. The molecule has 2 aromatic carbocycles. The Balaban J connectivity index is 1.87. The molecule has 0 aliphatic rings. The molecule has 1 unspecified atom stereocenters. The van der Waals surface area contributed by atoms with Gasteiger partial charge >= 0.3 is 0 Å². The maximum atomic E-state index is 10.5. The van der Waals surface area contributed by atoms with Crippen molar-refractivity contribution in [3.05, 3.63) is 59.9 Å². The number of fused-ring (bicyclic) bond motifs is 1. The molecule has 0 bridgehead atoms.